The van der Waals surface area contributed by atoms with Crippen LogP contribution in [0.5, 0.6) is 0 Å². The molecule has 0 aromatic heterocycles. The van der Waals surface area contributed by atoms with Gasteiger partial charge in [0.1, 0.15) is 5.84 Å². The van der Waals surface area contributed by atoms with Crippen LogP contribution >= 0.6 is 0 Å². The van der Waals surface area contributed by atoms with Crippen molar-refractivity contribution in [2.45, 2.75) is 33.4 Å². The Morgan fingerprint density at radius 3 is 2.14 bits per heavy atom. The van der Waals surface area contributed by atoms with Crippen LogP contribution in [0.3, 0.4) is 0 Å². The van der Waals surface area contributed by atoms with E-state index in [2.05, 4.69) is 9.73 Å². The normalized spacial score (nSPS) is 20.9. The molecule has 0 aliphatic carbocycles. The molecule has 0 radical (unpaired) electrons. The number of hydrazine groups is 1. The highest BCUT2D eigenvalue weighted by Crippen LogP contribution is 2.30. The van der Waals surface area contributed by atoms with Gasteiger partial charge in [-0.2, -0.15) is 10.0 Å². The molecule has 0 aromatic rings. The van der Waals surface area contributed by atoms with Crippen molar-refractivity contribution >= 4 is 24.0 Å². The molecule has 21 heavy (non-hydrogen) atoms. The van der Waals surface area contributed by atoms with Crippen LogP contribution in [0.1, 0.15) is 27.7 Å². The number of methoxy groups -OCH3 is 1. The molecule has 1 atom stereocenters. The molecule has 1 aliphatic rings. The summed E-state index contributed by atoms with van der Waals surface area (Å²) in [6.45, 7) is 6.22. The van der Waals surface area contributed by atoms with Gasteiger partial charge in [-0.25, -0.2) is 19.4 Å². The third-order valence-corrected chi connectivity index (χ3v) is 2.75. The van der Waals surface area contributed by atoms with Crippen LogP contribution in [0.4, 0.5) is 9.59 Å². The second-order valence-electron chi connectivity index (χ2n) is 4.19. The summed E-state index contributed by atoms with van der Waals surface area (Å²) >= 11 is 0. The summed E-state index contributed by atoms with van der Waals surface area (Å²) in [6, 6.07) is 0. The molecular weight excluding hydrogens is 282 g/mol. The van der Waals surface area contributed by atoms with E-state index in [9.17, 15) is 14.4 Å². The average molecular weight is 301 g/mol. The van der Waals surface area contributed by atoms with Gasteiger partial charge in [-0.1, -0.05) is 0 Å². The van der Waals surface area contributed by atoms with E-state index in [1.165, 1.54) is 13.8 Å². The Balaban J connectivity index is 3.25. The first-order valence-electron chi connectivity index (χ1n) is 6.42. The quantitative estimate of drug-likeness (QED) is 0.572. The van der Waals surface area contributed by atoms with Crippen molar-refractivity contribution in [2.75, 3.05) is 20.3 Å². The number of carbonyl (C=O) groups is 3. The zero-order chi connectivity index (χ0) is 16.2. The molecule has 0 aromatic carbocycles. The maximum atomic E-state index is 12.1. The van der Waals surface area contributed by atoms with Crippen molar-refractivity contribution < 1.29 is 28.6 Å². The molecule has 0 N–H and O–H groups in total. The lowest BCUT2D eigenvalue weighted by atomic mass is 10.2. The zero-order valence-corrected chi connectivity index (χ0v) is 12.7. The molecule has 0 fully saturated rings. The van der Waals surface area contributed by atoms with Gasteiger partial charge >= 0.3 is 18.2 Å². The van der Waals surface area contributed by atoms with Gasteiger partial charge in [0.15, 0.2) is 0 Å². The Morgan fingerprint density at radius 1 is 1.14 bits per heavy atom. The number of aliphatic imine (C=N–C) groups is 1. The summed E-state index contributed by atoms with van der Waals surface area (Å²) in [5.41, 5.74) is -1.72. The predicted octanol–water partition coefficient (Wildman–Crippen LogP) is 1.14. The van der Waals surface area contributed by atoms with E-state index in [1.54, 1.807) is 13.8 Å². The minimum absolute atomic E-state index is 0.0717. The second kappa shape index (κ2) is 6.42. The molecule has 1 aliphatic heterocycles. The van der Waals surface area contributed by atoms with E-state index >= 15 is 0 Å². The van der Waals surface area contributed by atoms with E-state index in [0.29, 0.717) is 0 Å². The van der Waals surface area contributed by atoms with Crippen LogP contribution in [0.2, 0.25) is 0 Å². The first kappa shape index (κ1) is 16.7. The van der Waals surface area contributed by atoms with Gasteiger partial charge in [-0.15, -0.1) is 0 Å². The molecule has 9 heteroatoms. The number of nitrogens with zero attached hydrogens (tertiary/aromatic N) is 3. The third-order valence-electron chi connectivity index (χ3n) is 2.75. The first-order chi connectivity index (χ1) is 9.83. The van der Waals surface area contributed by atoms with Crippen LogP contribution in [0.15, 0.2) is 4.99 Å². The minimum atomic E-state index is -1.72. The van der Waals surface area contributed by atoms with Gasteiger partial charge in [0.2, 0.25) is 0 Å². The Morgan fingerprint density at radius 2 is 1.67 bits per heavy atom. The standard InChI is InChI=1S/C12H19N3O6/c1-6-20-10(17)14-8(3)13-12(4,9(16)19-5)15(14)11(18)21-7-2/h6-7H2,1-5H3. The number of amidine groups is 1. The average Bonchev–Trinajstić information content (AvgIpc) is 2.70. The molecule has 0 saturated carbocycles. The lowest BCUT2D eigenvalue weighted by Crippen LogP contribution is -2.59. The van der Waals surface area contributed by atoms with E-state index < -0.39 is 23.8 Å². The topological polar surface area (TPSA) is 97.7 Å². The first-order valence-corrected chi connectivity index (χ1v) is 6.42. The van der Waals surface area contributed by atoms with Crippen molar-refractivity contribution in [1.29, 1.82) is 0 Å². The maximum Gasteiger partial charge on any atom is 0.435 e. The van der Waals surface area contributed by atoms with Crippen molar-refractivity contribution in [3.05, 3.63) is 0 Å². The van der Waals surface area contributed by atoms with E-state index in [-0.39, 0.29) is 19.0 Å². The Labute approximate surface area is 122 Å². The molecule has 1 heterocycles. The van der Waals surface area contributed by atoms with Crippen molar-refractivity contribution in [3.63, 3.8) is 0 Å². The van der Waals surface area contributed by atoms with Crippen LogP contribution in [0, 0.1) is 0 Å². The monoisotopic (exact) mass is 301 g/mol. The molecular formula is C12H19N3O6. The number of carbonyl (C=O) groups excluding carboxylic acids is 3. The lowest BCUT2D eigenvalue weighted by Gasteiger charge is -2.33. The van der Waals surface area contributed by atoms with Gasteiger partial charge in [0.25, 0.3) is 5.66 Å². The number of hydrogen-bond donors (Lipinski definition) is 0. The summed E-state index contributed by atoms with van der Waals surface area (Å²) < 4.78 is 14.4. The fourth-order valence-corrected chi connectivity index (χ4v) is 1.92. The van der Waals surface area contributed by atoms with Gasteiger partial charge < -0.3 is 14.2 Å². The van der Waals surface area contributed by atoms with E-state index in [4.69, 9.17) is 9.47 Å². The molecule has 0 saturated heterocycles. The summed E-state index contributed by atoms with van der Waals surface area (Å²) in [7, 11) is 1.16. The number of amides is 2. The highest BCUT2D eigenvalue weighted by Gasteiger charge is 2.55. The molecule has 118 valence electrons. The SMILES string of the molecule is CCOC(=O)N1C(C)=NC(C)(C(=O)OC)N1C(=O)OCC. The smallest absolute Gasteiger partial charge is 0.435 e. The van der Waals surface area contributed by atoms with Crippen LogP contribution in [-0.4, -0.2) is 60.0 Å². The Kier molecular flexibility index (Phi) is 5.12. The fourth-order valence-electron chi connectivity index (χ4n) is 1.92. The Hall–Kier alpha value is -2.32. The highest BCUT2D eigenvalue weighted by molar-refractivity contribution is 6.01. The number of hydrogen-bond acceptors (Lipinski definition) is 7. The van der Waals surface area contributed by atoms with Gasteiger partial charge in [-0.05, 0) is 27.7 Å². The zero-order valence-electron chi connectivity index (χ0n) is 12.7. The van der Waals surface area contributed by atoms with Crippen molar-refractivity contribution in [1.82, 2.24) is 10.0 Å². The molecule has 2 amide bonds. The summed E-state index contributed by atoms with van der Waals surface area (Å²) in [5, 5.41) is 1.65. The summed E-state index contributed by atoms with van der Waals surface area (Å²) in [6.07, 6.45) is -1.74. The third kappa shape index (κ3) is 2.91. The lowest BCUT2D eigenvalue weighted by molar-refractivity contribution is -0.156. The predicted molar refractivity (Wildman–Crippen MR) is 71.3 cm³/mol. The molecule has 0 bridgehead atoms. The summed E-state index contributed by atoms with van der Waals surface area (Å²) in [5.74, 6) is -0.684. The minimum Gasteiger partial charge on any atom is -0.466 e. The number of rotatable bonds is 3. The number of ether oxygens (including phenoxy) is 3. The van der Waals surface area contributed by atoms with E-state index in [0.717, 1.165) is 17.1 Å². The van der Waals surface area contributed by atoms with E-state index in [1.807, 2.05) is 0 Å². The Bertz CT molecular complexity index is 478. The van der Waals surface area contributed by atoms with Crippen molar-refractivity contribution in [2.24, 2.45) is 4.99 Å². The number of esters is 1. The highest BCUT2D eigenvalue weighted by atomic mass is 16.6. The van der Waals surface area contributed by atoms with Crippen LogP contribution in [-0.2, 0) is 19.0 Å². The second-order valence-corrected chi connectivity index (χ2v) is 4.19. The van der Waals surface area contributed by atoms with Crippen LogP contribution in [0.25, 0.3) is 0 Å². The molecule has 1 unspecified atom stereocenters. The maximum absolute atomic E-state index is 12.1. The van der Waals surface area contributed by atoms with Gasteiger partial charge in [0.05, 0.1) is 20.3 Å². The summed E-state index contributed by atoms with van der Waals surface area (Å²) in [4.78, 5) is 40.1. The molecule has 1 rings (SSSR count). The largest absolute Gasteiger partial charge is 0.466 e. The van der Waals surface area contributed by atoms with Gasteiger partial charge in [0, 0.05) is 0 Å². The van der Waals surface area contributed by atoms with Crippen LogP contribution < -0.4 is 0 Å². The molecule has 9 nitrogen and oxygen atoms in total. The van der Waals surface area contributed by atoms with Crippen molar-refractivity contribution in [3.8, 4) is 0 Å². The van der Waals surface area contributed by atoms with Gasteiger partial charge in [-0.3, -0.25) is 0 Å². The fraction of sp³-hybridized carbons (Fsp3) is 0.667. The molecule has 0 spiro atoms.